The van der Waals surface area contributed by atoms with Gasteiger partial charge in [0.1, 0.15) is 0 Å². The largest absolute Gasteiger partial charge is 0.420 e. The molecule has 0 saturated heterocycles. The molecule has 0 bridgehead atoms. The van der Waals surface area contributed by atoms with Crippen molar-refractivity contribution in [1.82, 2.24) is 19.6 Å². The molecule has 0 fully saturated rings. The highest BCUT2D eigenvalue weighted by molar-refractivity contribution is 9.10. The van der Waals surface area contributed by atoms with Crippen molar-refractivity contribution in [3.05, 3.63) is 115 Å². The second-order valence-corrected chi connectivity index (χ2v) is 10.3. The van der Waals surface area contributed by atoms with Gasteiger partial charge in [-0.3, -0.25) is 0 Å². The Morgan fingerprint density at radius 3 is 1.74 bits per heavy atom. The topological polar surface area (TPSA) is 44.9 Å². The van der Waals surface area contributed by atoms with E-state index in [4.69, 9.17) is 38.1 Å². The second-order valence-electron chi connectivity index (χ2n) is 8.48. The molecule has 5 aromatic rings. The summed E-state index contributed by atoms with van der Waals surface area (Å²) in [6, 6.07) is 23.5. The van der Waals surface area contributed by atoms with Crippen LogP contribution < -0.4 is 4.74 Å². The molecular weight excluding hydrogens is 547 g/mol. The standard InChI is InChI=1S/C27H19BrCl2N4O/c1-15-23-25(17-6-3-7-18(28)12-17)24-16(2)32-34(22-11-5-9-20(30)14-22)27(24)35-26(23)33(31-15)21-10-4-8-19(29)13-21/h3-14,25H,1-2H3. The molecule has 0 radical (unpaired) electrons. The Morgan fingerprint density at radius 1 is 0.743 bits per heavy atom. The van der Waals surface area contributed by atoms with Gasteiger partial charge in [0.05, 0.1) is 22.8 Å². The molecule has 8 heteroatoms. The molecule has 0 amide bonds. The van der Waals surface area contributed by atoms with E-state index in [1.165, 1.54) is 0 Å². The van der Waals surface area contributed by atoms with E-state index in [2.05, 4.69) is 28.1 Å². The summed E-state index contributed by atoms with van der Waals surface area (Å²) in [5.74, 6) is 1.17. The van der Waals surface area contributed by atoms with Crippen LogP contribution in [0, 0.1) is 13.8 Å². The average Bonchev–Trinajstić information content (AvgIpc) is 3.35. The summed E-state index contributed by atoms with van der Waals surface area (Å²) in [7, 11) is 0. The van der Waals surface area contributed by atoms with Crippen LogP contribution in [0.4, 0.5) is 0 Å². The van der Waals surface area contributed by atoms with Crippen molar-refractivity contribution in [3.8, 4) is 23.1 Å². The minimum atomic E-state index is -0.118. The molecular formula is C27H19BrCl2N4O. The van der Waals surface area contributed by atoms with Crippen LogP contribution in [0.3, 0.4) is 0 Å². The molecule has 174 valence electrons. The van der Waals surface area contributed by atoms with Gasteiger partial charge in [-0.05, 0) is 67.9 Å². The number of ether oxygens (including phenoxy) is 1. The smallest absolute Gasteiger partial charge is 0.229 e. The van der Waals surface area contributed by atoms with Crippen LogP contribution >= 0.6 is 39.1 Å². The number of rotatable bonds is 3. The van der Waals surface area contributed by atoms with E-state index >= 15 is 0 Å². The number of fused-ring (bicyclic) bond motifs is 2. The van der Waals surface area contributed by atoms with Gasteiger partial charge in [0, 0.05) is 31.6 Å². The molecule has 3 aromatic carbocycles. The predicted molar refractivity (Wildman–Crippen MR) is 142 cm³/mol. The Balaban J connectivity index is 1.64. The fourth-order valence-electron chi connectivity index (χ4n) is 4.72. The maximum atomic E-state index is 6.65. The van der Waals surface area contributed by atoms with Crippen LogP contribution in [0.2, 0.25) is 10.0 Å². The number of aryl methyl sites for hydroxylation is 2. The van der Waals surface area contributed by atoms with E-state index < -0.39 is 0 Å². The lowest BCUT2D eigenvalue weighted by Crippen LogP contribution is -2.14. The minimum Gasteiger partial charge on any atom is -0.420 e. The van der Waals surface area contributed by atoms with Crippen molar-refractivity contribution >= 4 is 39.1 Å². The van der Waals surface area contributed by atoms with Gasteiger partial charge in [0.25, 0.3) is 0 Å². The summed E-state index contributed by atoms with van der Waals surface area (Å²) in [4.78, 5) is 0. The summed E-state index contributed by atoms with van der Waals surface area (Å²) in [6.07, 6.45) is 0. The molecule has 5 nitrogen and oxygen atoms in total. The Hall–Kier alpha value is -3.06. The van der Waals surface area contributed by atoms with Gasteiger partial charge in [0.2, 0.25) is 11.8 Å². The van der Waals surface area contributed by atoms with Gasteiger partial charge in [-0.2, -0.15) is 10.2 Å². The zero-order valence-electron chi connectivity index (χ0n) is 18.8. The molecule has 2 aromatic heterocycles. The van der Waals surface area contributed by atoms with Crippen molar-refractivity contribution in [2.45, 2.75) is 19.8 Å². The van der Waals surface area contributed by atoms with Gasteiger partial charge in [-0.1, -0.05) is 63.4 Å². The fraction of sp³-hybridized carbons (Fsp3) is 0.111. The van der Waals surface area contributed by atoms with Crippen LogP contribution in [0.15, 0.2) is 77.3 Å². The summed E-state index contributed by atoms with van der Waals surface area (Å²) in [5.41, 5.74) is 6.53. The van der Waals surface area contributed by atoms with Crippen molar-refractivity contribution in [3.63, 3.8) is 0 Å². The number of nitrogens with zero attached hydrogens (tertiary/aromatic N) is 4. The average molecular weight is 566 g/mol. The lowest BCUT2D eigenvalue weighted by molar-refractivity contribution is 0.392. The maximum absolute atomic E-state index is 6.65. The first-order valence-corrected chi connectivity index (χ1v) is 12.6. The van der Waals surface area contributed by atoms with Crippen LogP contribution in [0.5, 0.6) is 11.8 Å². The maximum Gasteiger partial charge on any atom is 0.229 e. The molecule has 0 N–H and O–H groups in total. The molecule has 0 atom stereocenters. The second kappa shape index (κ2) is 8.55. The third kappa shape index (κ3) is 3.77. The third-order valence-electron chi connectivity index (χ3n) is 6.18. The van der Waals surface area contributed by atoms with Gasteiger partial charge < -0.3 is 4.74 Å². The molecule has 1 aliphatic rings. The highest BCUT2D eigenvalue weighted by atomic mass is 79.9. The van der Waals surface area contributed by atoms with Crippen molar-refractivity contribution in [2.24, 2.45) is 0 Å². The Morgan fingerprint density at radius 2 is 1.26 bits per heavy atom. The number of benzene rings is 3. The first kappa shape index (κ1) is 22.4. The summed E-state index contributed by atoms with van der Waals surface area (Å²) in [5, 5.41) is 11.0. The van der Waals surface area contributed by atoms with E-state index in [0.717, 1.165) is 43.9 Å². The van der Waals surface area contributed by atoms with Gasteiger partial charge in [0.15, 0.2) is 0 Å². The van der Waals surface area contributed by atoms with E-state index in [0.29, 0.717) is 21.8 Å². The molecule has 35 heavy (non-hydrogen) atoms. The van der Waals surface area contributed by atoms with Crippen LogP contribution in [0.25, 0.3) is 11.4 Å². The summed E-state index contributed by atoms with van der Waals surface area (Å²) < 4.78 is 11.3. The lowest BCUT2D eigenvalue weighted by Gasteiger charge is -2.26. The molecule has 3 heterocycles. The zero-order valence-corrected chi connectivity index (χ0v) is 21.9. The Bertz CT molecular complexity index is 1510. The van der Waals surface area contributed by atoms with E-state index in [9.17, 15) is 0 Å². The van der Waals surface area contributed by atoms with Crippen molar-refractivity contribution in [2.75, 3.05) is 0 Å². The molecule has 0 spiro atoms. The lowest BCUT2D eigenvalue weighted by atomic mass is 9.84. The van der Waals surface area contributed by atoms with Gasteiger partial charge in [-0.25, -0.2) is 9.36 Å². The van der Waals surface area contributed by atoms with E-state index in [-0.39, 0.29) is 5.92 Å². The number of halogens is 3. The molecule has 6 rings (SSSR count). The number of aromatic nitrogens is 4. The van der Waals surface area contributed by atoms with E-state index in [1.807, 2.05) is 83.9 Å². The predicted octanol–water partition coefficient (Wildman–Crippen LogP) is 8.03. The van der Waals surface area contributed by atoms with Crippen LogP contribution in [0.1, 0.15) is 34.0 Å². The normalized spacial score (nSPS) is 12.8. The molecule has 0 unspecified atom stereocenters. The highest BCUT2D eigenvalue weighted by Crippen LogP contribution is 2.51. The summed E-state index contributed by atoms with van der Waals surface area (Å²) >= 11 is 16.3. The third-order valence-corrected chi connectivity index (χ3v) is 7.15. The number of hydrogen-bond donors (Lipinski definition) is 0. The molecule has 0 aliphatic carbocycles. The summed E-state index contributed by atoms with van der Waals surface area (Å²) in [6.45, 7) is 4.02. The number of hydrogen-bond acceptors (Lipinski definition) is 3. The van der Waals surface area contributed by atoms with Crippen molar-refractivity contribution in [1.29, 1.82) is 0 Å². The van der Waals surface area contributed by atoms with E-state index in [1.54, 1.807) is 0 Å². The first-order valence-electron chi connectivity index (χ1n) is 11.0. The Labute approximate surface area is 221 Å². The minimum absolute atomic E-state index is 0.118. The first-order chi connectivity index (χ1) is 16.9. The zero-order chi connectivity index (χ0) is 24.3. The quantitative estimate of drug-likeness (QED) is 0.218. The Kier molecular flexibility index (Phi) is 5.48. The monoisotopic (exact) mass is 564 g/mol. The van der Waals surface area contributed by atoms with Crippen molar-refractivity contribution < 1.29 is 4.74 Å². The van der Waals surface area contributed by atoms with Gasteiger partial charge in [-0.15, -0.1) is 0 Å². The fourth-order valence-corrected chi connectivity index (χ4v) is 5.50. The van der Waals surface area contributed by atoms with Gasteiger partial charge >= 0.3 is 0 Å². The SMILES string of the molecule is Cc1nn(-c2cccc(Cl)c2)c2c1C(c1cccc(Br)c1)c1c(C)nn(-c3cccc(Cl)c3)c1O2. The van der Waals surface area contributed by atoms with Crippen LogP contribution in [-0.4, -0.2) is 19.6 Å². The molecule has 0 saturated carbocycles. The molecule has 1 aliphatic heterocycles. The van der Waals surface area contributed by atoms with Crippen LogP contribution in [-0.2, 0) is 0 Å². The highest BCUT2D eigenvalue weighted by Gasteiger charge is 2.39.